The van der Waals surface area contributed by atoms with Crippen molar-refractivity contribution in [3.8, 4) is 0 Å². The van der Waals surface area contributed by atoms with Gasteiger partial charge in [0.15, 0.2) is 0 Å². The fourth-order valence-corrected chi connectivity index (χ4v) is 3.51. The fraction of sp³-hybridized carbons (Fsp3) is 0.857. The van der Waals surface area contributed by atoms with E-state index in [4.69, 9.17) is 4.74 Å². The number of hydrogen-bond donors (Lipinski definition) is 0. The molecule has 2 rings (SSSR count). The largest absolute Gasteiger partial charge is 0.380 e. The van der Waals surface area contributed by atoms with E-state index in [-0.39, 0.29) is 5.54 Å². The maximum absolute atomic E-state index is 5.55. The lowest BCUT2D eigenvalue weighted by Crippen LogP contribution is -2.42. The van der Waals surface area contributed by atoms with Crippen LogP contribution in [0.3, 0.4) is 0 Å². The van der Waals surface area contributed by atoms with Crippen molar-refractivity contribution in [1.29, 1.82) is 0 Å². The van der Waals surface area contributed by atoms with Gasteiger partial charge in [0.1, 0.15) is 0 Å². The summed E-state index contributed by atoms with van der Waals surface area (Å²) in [6, 6.07) is 0. The molecule has 0 radical (unpaired) electrons. The number of nitrogens with zero attached hydrogens (tertiary/aromatic N) is 1. The summed E-state index contributed by atoms with van der Waals surface area (Å²) < 4.78 is 5.55. The standard InChI is InChI=1S/C14H25NO/c1-11-6-7-15-9-12(16-5)8-14(11,15)10-13(2,3)4/h12H,1,6-10H2,2-5H3. The maximum Gasteiger partial charge on any atom is 0.0719 e. The molecular formula is C14H25NO. The Labute approximate surface area is 99.7 Å². The SMILES string of the molecule is C=C1CCN2CC(OC)CC12CC(C)(C)C. The van der Waals surface area contributed by atoms with Crippen molar-refractivity contribution in [1.82, 2.24) is 4.90 Å². The Morgan fingerprint density at radius 2 is 2.19 bits per heavy atom. The van der Waals surface area contributed by atoms with Crippen LogP contribution in [0.4, 0.5) is 0 Å². The molecule has 2 atom stereocenters. The Hall–Kier alpha value is -0.340. The maximum atomic E-state index is 5.55. The Balaban J connectivity index is 2.23. The molecule has 0 aromatic rings. The molecule has 0 amide bonds. The van der Waals surface area contributed by atoms with Crippen molar-refractivity contribution in [2.24, 2.45) is 5.41 Å². The number of fused-ring (bicyclic) bond motifs is 1. The zero-order valence-corrected chi connectivity index (χ0v) is 11.2. The summed E-state index contributed by atoms with van der Waals surface area (Å²) in [6.07, 6.45) is 3.92. The normalized spacial score (nSPS) is 35.8. The van der Waals surface area contributed by atoms with Gasteiger partial charge in [0.2, 0.25) is 0 Å². The van der Waals surface area contributed by atoms with Gasteiger partial charge < -0.3 is 4.74 Å². The van der Waals surface area contributed by atoms with E-state index in [9.17, 15) is 0 Å². The number of rotatable bonds is 2. The smallest absolute Gasteiger partial charge is 0.0719 e. The van der Waals surface area contributed by atoms with Gasteiger partial charge in [-0.15, -0.1) is 0 Å². The highest BCUT2D eigenvalue weighted by atomic mass is 16.5. The number of methoxy groups -OCH3 is 1. The summed E-state index contributed by atoms with van der Waals surface area (Å²) in [5.41, 5.74) is 2.02. The highest BCUT2D eigenvalue weighted by Gasteiger charge is 2.52. The molecule has 0 saturated carbocycles. The first-order chi connectivity index (χ1) is 7.37. The molecule has 2 fully saturated rings. The molecule has 2 heteroatoms. The summed E-state index contributed by atoms with van der Waals surface area (Å²) in [4.78, 5) is 2.61. The first-order valence-corrected chi connectivity index (χ1v) is 6.33. The van der Waals surface area contributed by atoms with Crippen molar-refractivity contribution in [2.45, 2.75) is 51.7 Å². The van der Waals surface area contributed by atoms with Crippen LogP contribution in [-0.2, 0) is 4.74 Å². The third-order valence-electron chi connectivity index (χ3n) is 4.09. The van der Waals surface area contributed by atoms with Gasteiger partial charge in [0.05, 0.1) is 6.10 Å². The van der Waals surface area contributed by atoms with Crippen LogP contribution in [0.1, 0.15) is 40.0 Å². The summed E-state index contributed by atoms with van der Waals surface area (Å²) in [6.45, 7) is 13.6. The molecule has 2 aliphatic rings. The van der Waals surface area contributed by atoms with Crippen molar-refractivity contribution in [2.75, 3.05) is 20.2 Å². The lowest BCUT2D eigenvalue weighted by Gasteiger charge is -2.38. The summed E-state index contributed by atoms with van der Waals surface area (Å²) >= 11 is 0. The summed E-state index contributed by atoms with van der Waals surface area (Å²) in [7, 11) is 1.83. The van der Waals surface area contributed by atoms with Crippen LogP contribution in [0.5, 0.6) is 0 Å². The molecule has 2 unspecified atom stereocenters. The molecule has 16 heavy (non-hydrogen) atoms. The van der Waals surface area contributed by atoms with Crippen LogP contribution in [0.15, 0.2) is 12.2 Å². The van der Waals surface area contributed by atoms with Crippen LogP contribution < -0.4 is 0 Å². The quantitative estimate of drug-likeness (QED) is 0.667. The van der Waals surface area contributed by atoms with E-state index in [1.165, 1.54) is 25.0 Å². The molecule has 0 bridgehead atoms. The predicted molar refractivity (Wildman–Crippen MR) is 67.5 cm³/mol. The predicted octanol–water partition coefficient (Wildman–Crippen LogP) is 2.84. The third kappa shape index (κ3) is 1.93. The Bertz CT molecular complexity index is 292. The van der Waals surface area contributed by atoms with Crippen LogP contribution >= 0.6 is 0 Å². The Kier molecular flexibility index (Phi) is 2.92. The molecule has 2 heterocycles. The zero-order valence-electron chi connectivity index (χ0n) is 11.2. The van der Waals surface area contributed by atoms with E-state index in [2.05, 4.69) is 32.3 Å². The minimum Gasteiger partial charge on any atom is -0.380 e. The molecule has 0 N–H and O–H groups in total. The van der Waals surface area contributed by atoms with E-state index in [1.54, 1.807) is 0 Å². The summed E-state index contributed by atoms with van der Waals surface area (Å²) in [5, 5.41) is 0. The first kappa shape index (κ1) is 12.1. The number of hydrogen-bond acceptors (Lipinski definition) is 2. The van der Waals surface area contributed by atoms with Gasteiger partial charge in [0, 0.05) is 25.7 Å². The van der Waals surface area contributed by atoms with Crippen LogP contribution in [0, 0.1) is 5.41 Å². The van der Waals surface area contributed by atoms with Gasteiger partial charge in [-0.2, -0.15) is 0 Å². The second kappa shape index (κ2) is 3.85. The molecular weight excluding hydrogens is 198 g/mol. The van der Waals surface area contributed by atoms with Gasteiger partial charge >= 0.3 is 0 Å². The van der Waals surface area contributed by atoms with Gasteiger partial charge in [0.25, 0.3) is 0 Å². The van der Waals surface area contributed by atoms with Crippen molar-refractivity contribution < 1.29 is 4.74 Å². The second-order valence-electron chi connectivity index (χ2n) is 6.63. The van der Waals surface area contributed by atoms with Crippen molar-refractivity contribution >= 4 is 0 Å². The molecule has 92 valence electrons. The van der Waals surface area contributed by atoms with E-state index < -0.39 is 0 Å². The van der Waals surface area contributed by atoms with E-state index >= 15 is 0 Å². The molecule has 2 nitrogen and oxygen atoms in total. The second-order valence-corrected chi connectivity index (χ2v) is 6.63. The van der Waals surface area contributed by atoms with Crippen LogP contribution in [0.25, 0.3) is 0 Å². The highest BCUT2D eigenvalue weighted by molar-refractivity contribution is 5.27. The zero-order chi connectivity index (χ0) is 12.0. The Morgan fingerprint density at radius 3 is 2.75 bits per heavy atom. The van der Waals surface area contributed by atoms with Crippen molar-refractivity contribution in [3.63, 3.8) is 0 Å². The monoisotopic (exact) mass is 223 g/mol. The van der Waals surface area contributed by atoms with E-state index in [1.807, 2.05) is 7.11 Å². The van der Waals surface area contributed by atoms with Gasteiger partial charge in [-0.3, -0.25) is 4.90 Å². The van der Waals surface area contributed by atoms with E-state index in [0.29, 0.717) is 11.5 Å². The first-order valence-electron chi connectivity index (χ1n) is 6.33. The molecule has 0 aromatic carbocycles. The number of ether oxygens (including phenoxy) is 1. The molecule has 0 aliphatic carbocycles. The van der Waals surface area contributed by atoms with Gasteiger partial charge in [-0.25, -0.2) is 0 Å². The lowest BCUT2D eigenvalue weighted by atomic mass is 9.75. The molecule has 2 aliphatic heterocycles. The third-order valence-corrected chi connectivity index (χ3v) is 4.09. The van der Waals surface area contributed by atoms with Crippen LogP contribution in [-0.4, -0.2) is 36.7 Å². The molecule has 2 saturated heterocycles. The molecule has 0 aromatic heterocycles. The van der Waals surface area contributed by atoms with Crippen LogP contribution in [0.2, 0.25) is 0 Å². The highest BCUT2D eigenvalue weighted by Crippen LogP contribution is 2.48. The average molecular weight is 223 g/mol. The topological polar surface area (TPSA) is 12.5 Å². The average Bonchev–Trinajstić information content (AvgIpc) is 2.62. The van der Waals surface area contributed by atoms with Crippen molar-refractivity contribution in [3.05, 3.63) is 12.2 Å². The summed E-state index contributed by atoms with van der Waals surface area (Å²) in [5.74, 6) is 0. The van der Waals surface area contributed by atoms with Gasteiger partial charge in [-0.05, 0) is 24.7 Å². The minimum absolute atomic E-state index is 0.235. The van der Waals surface area contributed by atoms with E-state index in [0.717, 1.165) is 13.0 Å². The minimum atomic E-state index is 0.235. The Morgan fingerprint density at radius 1 is 1.50 bits per heavy atom. The van der Waals surface area contributed by atoms with Gasteiger partial charge in [-0.1, -0.05) is 32.9 Å². The fourth-order valence-electron chi connectivity index (χ4n) is 3.51. The molecule has 0 spiro atoms. The lowest BCUT2D eigenvalue weighted by molar-refractivity contribution is 0.108.